The monoisotopic (exact) mass is 470 g/mol. The number of nitrogens with one attached hydrogen (secondary N) is 2. The van der Waals surface area contributed by atoms with Crippen LogP contribution in [0.4, 0.5) is 23.2 Å². The number of anilines is 1. The van der Waals surface area contributed by atoms with Crippen LogP contribution in [0.1, 0.15) is 22.3 Å². The van der Waals surface area contributed by atoms with Gasteiger partial charge in [-0.25, -0.2) is 12.8 Å². The van der Waals surface area contributed by atoms with E-state index in [9.17, 15) is 30.8 Å². The summed E-state index contributed by atoms with van der Waals surface area (Å²) in [6.07, 6.45) is -0.935. The fourth-order valence-electron chi connectivity index (χ4n) is 3.01. The lowest BCUT2D eigenvalue weighted by atomic mass is 10.0. The predicted octanol–water partition coefficient (Wildman–Crippen LogP) is 3.95. The number of sulfonamides is 1. The molecule has 170 valence electrons. The van der Waals surface area contributed by atoms with Crippen LogP contribution < -0.4 is 14.8 Å². The molecular formula is C21H18F4N2O4S. The topological polar surface area (TPSA) is 84.5 Å². The van der Waals surface area contributed by atoms with E-state index in [0.29, 0.717) is 11.1 Å². The molecule has 0 saturated carbocycles. The second-order valence-corrected chi connectivity index (χ2v) is 8.76. The first-order chi connectivity index (χ1) is 14.9. The summed E-state index contributed by atoms with van der Waals surface area (Å²) in [7, 11) is -3.71. The minimum atomic E-state index is -4.51. The van der Waals surface area contributed by atoms with Crippen LogP contribution in [0.25, 0.3) is 12.2 Å². The molecule has 1 amide bonds. The first kappa shape index (κ1) is 23.3. The summed E-state index contributed by atoms with van der Waals surface area (Å²) in [5.74, 6) is -1.37. The van der Waals surface area contributed by atoms with Gasteiger partial charge in [0.25, 0.3) is 5.91 Å². The molecule has 0 atom stereocenters. The van der Waals surface area contributed by atoms with E-state index in [1.165, 1.54) is 24.3 Å². The maximum atomic E-state index is 14.4. The second-order valence-electron chi connectivity index (χ2n) is 7.01. The molecule has 6 nitrogen and oxygen atoms in total. The largest absolute Gasteiger partial charge is 0.488 e. The lowest BCUT2D eigenvalue weighted by Gasteiger charge is -2.19. The van der Waals surface area contributed by atoms with Gasteiger partial charge < -0.3 is 10.1 Å². The second kappa shape index (κ2) is 8.65. The van der Waals surface area contributed by atoms with Crippen LogP contribution in [0.15, 0.2) is 42.5 Å². The highest BCUT2D eigenvalue weighted by Gasteiger charge is 2.32. The zero-order valence-corrected chi connectivity index (χ0v) is 17.5. The number of carbonyl (C=O) groups is 1. The standard InChI is InChI=1S/C21H18F4N2O4S/c1-3-13-6-12(7-17(22)19(13)27-32(2,29)30)10-26-20(28)15-8-14-4-5-16(21(23,24)25)9-18(14)31-11-15/h3-9,27H,1,10-11H2,2H3,(H,26,28). The third-order valence-electron chi connectivity index (χ3n) is 4.49. The van der Waals surface area contributed by atoms with E-state index in [1.54, 1.807) is 0 Å². The summed E-state index contributed by atoms with van der Waals surface area (Å²) in [5.41, 5.74) is -0.0727. The third kappa shape index (κ3) is 5.47. The van der Waals surface area contributed by atoms with E-state index in [1.807, 2.05) is 0 Å². The van der Waals surface area contributed by atoms with Gasteiger partial charge in [-0.3, -0.25) is 9.52 Å². The van der Waals surface area contributed by atoms with Crippen LogP contribution in [0.2, 0.25) is 0 Å². The Labute approximate surface area is 181 Å². The van der Waals surface area contributed by atoms with Crippen LogP contribution in [-0.4, -0.2) is 27.2 Å². The minimum Gasteiger partial charge on any atom is -0.488 e. The highest BCUT2D eigenvalue weighted by molar-refractivity contribution is 7.92. The Morgan fingerprint density at radius 3 is 2.59 bits per heavy atom. The van der Waals surface area contributed by atoms with Crippen molar-refractivity contribution in [1.82, 2.24) is 5.32 Å². The molecule has 32 heavy (non-hydrogen) atoms. The van der Waals surface area contributed by atoms with Gasteiger partial charge >= 0.3 is 6.18 Å². The van der Waals surface area contributed by atoms with Gasteiger partial charge in [0, 0.05) is 17.7 Å². The zero-order chi connectivity index (χ0) is 23.7. The number of hydrogen-bond acceptors (Lipinski definition) is 4. The van der Waals surface area contributed by atoms with Crippen LogP contribution >= 0.6 is 0 Å². The number of ether oxygens (including phenoxy) is 1. The smallest absolute Gasteiger partial charge is 0.416 e. The van der Waals surface area contributed by atoms with Crippen LogP contribution in [-0.2, 0) is 27.5 Å². The lowest BCUT2D eigenvalue weighted by Crippen LogP contribution is -2.28. The normalized spacial score (nSPS) is 13.5. The fraction of sp³-hybridized carbons (Fsp3) is 0.190. The van der Waals surface area contributed by atoms with E-state index in [4.69, 9.17) is 4.74 Å². The van der Waals surface area contributed by atoms with E-state index in [0.717, 1.165) is 24.5 Å². The Morgan fingerprint density at radius 2 is 1.97 bits per heavy atom. The molecule has 1 heterocycles. The SMILES string of the molecule is C=Cc1cc(CNC(=O)C2=Cc3ccc(C(F)(F)F)cc3OC2)cc(F)c1NS(C)(=O)=O. The maximum absolute atomic E-state index is 14.4. The quantitative estimate of drug-likeness (QED) is 0.627. The number of amides is 1. The number of fused-ring (bicyclic) bond motifs is 1. The minimum absolute atomic E-state index is 0.0167. The van der Waals surface area contributed by atoms with E-state index >= 15 is 0 Å². The first-order valence-corrected chi connectivity index (χ1v) is 11.0. The van der Waals surface area contributed by atoms with Crippen molar-refractivity contribution in [2.75, 3.05) is 17.6 Å². The molecule has 1 aliphatic rings. The summed E-state index contributed by atoms with van der Waals surface area (Å²) in [4.78, 5) is 12.5. The number of benzene rings is 2. The molecule has 2 N–H and O–H groups in total. The molecule has 1 aliphatic heterocycles. The van der Waals surface area contributed by atoms with Gasteiger partial charge in [0.1, 0.15) is 18.2 Å². The molecule has 0 saturated heterocycles. The summed E-state index contributed by atoms with van der Waals surface area (Å²) in [6.45, 7) is 3.21. The predicted molar refractivity (Wildman–Crippen MR) is 112 cm³/mol. The number of halogens is 4. The van der Waals surface area contributed by atoms with Gasteiger partial charge in [-0.2, -0.15) is 13.2 Å². The fourth-order valence-corrected chi connectivity index (χ4v) is 3.60. The van der Waals surface area contributed by atoms with Crippen LogP contribution in [0, 0.1) is 5.82 Å². The maximum Gasteiger partial charge on any atom is 0.416 e. The third-order valence-corrected chi connectivity index (χ3v) is 5.06. The molecule has 11 heteroatoms. The summed E-state index contributed by atoms with van der Waals surface area (Å²) < 4.78 is 83.0. The molecule has 0 aromatic heterocycles. The summed E-state index contributed by atoms with van der Waals surface area (Å²) in [5, 5.41) is 2.57. The van der Waals surface area contributed by atoms with Gasteiger partial charge in [0.05, 0.1) is 23.1 Å². The number of alkyl halides is 3. The van der Waals surface area contributed by atoms with Gasteiger partial charge in [-0.1, -0.05) is 18.7 Å². The average molecular weight is 470 g/mol. The van der Waals surface area contributed by atoms with Crippen molar-refractivity contribution in [1.29, 1.82) is 0 Å². The highest BCUT2D eigenvalue weighted by Crippen LogP contribution is 2.35. The molecule has 0 aliphatic carbocycles. The van der Waals surface area contributed by atoms with Gasteiger partial charge in [0.15, 0.2) is 0 Å². The van der Waals surface area contributed by atoms with Crippen molar-refractivity contribution in [3.63, 3.8) is 0 Å². The number of carbonyl (C=O) groups excluding carboxylic acids is 1. The Kier molecular flexibility index (Phi) is 6.31. The average Bonchev–Trinajstić information content (AvgIpc) is 2.71. The van der Waals surface area contributed by atoms with E-state index in [2.05, 4.69) is 16.6 Å². The Hall–Kier alpha value is -3.34. The van der Waals surface area contributed by atoms with Crippen molar-refractivity contribution >= 4 is 33.8 Å². The van der Waals surface area contributed by atoms with Gasteiger partial charge in [-0.05, 0) is 35.9 Å². The Balaban J connectivity index is 1.74. The number of hydrogen-bond donors (Lipinski definition) is 2. The molecule has 2 aromatic carbocycles. The molecule has 0 spiro atoms. The zero-order valence-electron chi connectivity index (χ0n) is 16.7. The van der Waals surface area contributed by atoms with Gasteiger partial charge in [0.2, 0.25) is 10.0 Å². The van der Waals surface area contributed by atoms with Crippen molar-refractivity contribution in [3.8, 4) is 5.75 Å². The van der Waals surface area contributed by atoms with Crippen molar-refractivity contribution < 1.29 is 35.5 Å². The molecule has 0 bridgehead atoms. The van der Waals surface area contributed by atoms with Crippen molar-refractivity contribution in [3.05, 3.63) is 70.6 Å². The molecule has 0 radical (unpaired) electrons. The highest BCUT2D eigenvalue weighted by atomic mass is 32.2. The van der Waals surface area contributed by atoms with Crippen molar-refractivity contribution in [2.45, 2.75) is 12.7 Å². The van der Waals surface area contributed by atoms with E-state index in [-0.39, 0.29) is 35.7 Å². The Morgan fingerprint density at radius 1 is 1.25 bits per heavy atom. The number of rotatable bonds is 6. The van der Waals surface area contributed by atoms with Crippen LogP contribution in [0.5, 0.6) is 5.75 Å². The summed E-state index contributed by atoms with van der Waals surface area (Å²) in [6, 6.07) is 5.51. The lowest BCUT2D eigenvalue weighted by molar-refractivity contribution is -0.137. The molecule has 2 aromatic rings. The van der Waals surface area contributed by atoms with Gasteiger partial charge in [-0.15, -0.1) is 0 Å². The van der Waals surface area contributed by atoms with E-state index < -0.39 is 33.5 Å². The molecule has 0 fully saturated rings. The first-order valence-electron chi connectivity index (χ1n) is 9.13. The molecule has 0 unspecified atom stereocenters. The molecule has 3 rings (SSSR count). The van der Waals surface area contributed by atoms with Crippen LogP contribution in [0.3, 0.4) is 0 Å². The molecular weight excluding hydrogens is 452 g/mol. The van der Waals surface area contributed by atoms with Crippen molar-refractivity contribution in [2.24, 2.45) is 0 Å². The Bertz CT molecular complexity index is 1220. The summed E-state index contributed by atoms with van der Waals surface area (Å²) >= 11 is 0.